The molecule has 16 heavy (non-hydrogen) atoms. The topological polar surface area (TPSA) is 102 Å². The number of hydrogen-bond acceptors (Lipinski definition) is 4. The van der Waals surface area contributed by atoms with E-state index in [0.717, 1.165) is 13.0 Å². The fourth-order valence-electron chi connectivity index (χ4n) is 0.936. The summed E-state index contributed by atoms with van der Waals surface area (Å²) < 4.78 is 0. The Morgan fingerprint density at radius 2 is 1.94 bits per heavy atom. The van der Waals surface area contributed by atoms with E-state index in [0.29, 0.717) is 6.54 Å². The lowest BCUT2D eigenvalue weighted by Gasteiger charge is -2.11. The van der Waals surface area contributed by atoms with Crippen LogP contribution in [0.25, 0.3) is 0 Å². The minimum absolute atomic E-state index is 0.297. The van der Waals surface area contributed by atoms with E-state index >= 15 is 0 Å². The highest BCUT2D eigenvalue weighted by molar-refractivity contribution is 5.76. The average Bonchev–Trinajstić information content (AvgIpc) is 2.20. The first-order chi connectivity index (χ1) is 7.43. The number of carbonyl (C=O) groups is 2. The van der Waals surface area contributed by atoms with Crippen LogP contribution in [0, 0.1) is 0 Å². The summed E-state index contributed by atoms with van der Waals surface area (Å²) in [6, 6.07) is -0.473. The highest BCUT2D eigenvalue weighted by atomic mass is 16.4. The van der Waals surface area contributed by atoms with Gasteiger partial charge in [0.25, 0.3) is 0 Å². The first kappa shape index (κ1) is 14.7. The number of urea groups is 1. The van der Waals surface area contributed by atoms with Crippen LogP contribution in [0.4, 0.5) is 4.79 Å². The molecule has 4 N–H and O–H groups in total. The number of carboxylic acid groups (broad SMARTS) is 1. The normalized spacial score (nSPS) is 12.2. The van der Waals surface area contributed by atoms with Gasteiger partial charge in [-0.1, -0.05) is 0 Å². The Balaban J connectivity index is 3.48. The molecule has 0 aromatic carbocycles. The molecule has 0 heterocycles. The van der Waals surface area contributed by atoms with E-state index in [1.54, 1.807) is 0 Å². The number of hydrogen-bond donors (Lipinski definition) is 4. The molecule has 7 heteroatoms. The van der Waals surface area contributed by atoms with Gasteiger partial charge in [0.15, 0.2) is 6.10 Å². The Labute approximate surface area is 94.4 Å². The molecule has 0 aliphatic carbocycles. The smallest absolute Gasteiger partial charge is 0.334 e. The summed E-state index contributed by atoms with van der Waals surface area (Å²) in [4.78, 5) is 23.3. The van der Waals surface area contributed by atoms with Crippen molar-refractivity contribution in [2.45, 2.75) is 12.5 Å². The monoisotopic (exact) mass is 233 g/mol. The predicted octanol–water partition coefficient (Wildman–Crippen LogP) is -1.32. The number of carboxylic acids is 1. The van der Waals surface area contributed by atoms with Crippen molar-refractivity contribution in [3.8, 4) is 0 Å². The molecule has 2 amide bonds. The van der Waals surface area contributed by atoms with E-state index in [4.69, 9.17) is 10.2 Å². The zero-order valence-electron chi connectivity index (χ0n) is 9.56. The molecule has 0 aliphatic heterocycles. The number of carbonyl (C=O) groups excluding carboxylic acids is 1. The maximum absolute atomic E-state index is 11.1. The molecule has 0 aliphatic rings. The van der Waals surface area contributed by atoms with E-state index in [1.165, 1.54) is 0 Å². The van der Waals surface area contributed by atoms with Crippen molar-refractivity contribution in [2.75, 3.05) is 33.7 Å². The summed E-state index contributed by atoms with van der Waals surface area (Å²) in [7, 11) is 3.87. The summed E-state index contributed by atoms with van der Waals surface area (Å²) in [6.45, 7) is 1.07. The number of aliphatic hydroxyl groups excluding tert-OH is 1. The molecule has 0 radical (unpaired) electrons. The van der Waals surface area contributed by atoms with Gasteiger partial charge in [0, 0.05) is 6.54 Å². The van der Waals surface area contributed by atoms with E-state index in [9.17, 15) is 9.59 Å². The van der Waals surface area contributed by atoms with Crippen molar-refractivity contribution in [1.82, 2.24) is 15.5 Å². The van der Waals surface area contributed by atoms with Crippen LogP contribution in [0.2, 0.25) is 0 Å². The second-order valence-electron chi connectivity index (χ2n) is 3.65. The molecule has 0 aromatic rings. The molecule has 0 bridgehead atoms. The zero-order chi connectivity index (χ0) is 12.6. The van der Waals surface area contributed by atoms with Gasteiger partial charge in [-0.15, -0.1) is 0 Å². The number of aliphatic carboxylic acids is 1. The van der Waals surface area contributed by atoms with Gasteiger partial charge < -0.3 is 25.7 Å². The van der Waals surface area contributed by atoms with Crippen molar-refractivity contribution < 1.29 is 19.8 Å². The molecule has 0 aromatic heterocycles. The highest BCUT2D eigenvalue weighted by Gasteiger charge is 2.13. The summed E-state index contributed by atoms with van der Waals surface area (Å²) >= 11 is 0. The summed E-state index contributed by atoms with van der Waals surface area (Å²) in [5, 5.41) is 22.0. The van der Waals surface area contributed by atoms with Crippen LogP contribution in [0.3, 0.4) is 0 Å². The summed E-state index contributed by atoms with van der Waals surface area (Å²) in [5.74, 6) is -1.35. The first-order valence-electron chi connectivity index (χ1n) is 5.00. The van der Waals surface area contributed by atoms with Gasteiger partial charge in [-0.3, -0.25) is 0 Å². The van der Waals surface area contributed by atoms with Gasteiger partial charge in [0.2, 0.25) is 0 Å². The third kappa shape index (κ3) is 8.01. The highest BCUT2D eigenvalue weighted by Crippen LogP contribution is 1.82. The molecule has 0 saturated carbocycles. The van der Waals surface area contributed by atoms with Gasteiger partial charge >= 0.3 is 12.0 Å². The van der Waals surface area contributed by atoms with Crippen LogP contribution in [0.1, 0.15) is 6.42 Å². The van der Waals surface area contributed by atoms with E-state index < -0.39 is 18.1 Å². The molecule has 0 rings (SSSR count). The predicted molar refractivity (Wildman–Crippen MR) is 58.2 cm³/mol. The third-order valence-electron chi connectivity index (χ3n) is 1.81. The summed E-state index contributed by atoms with van der Waals surface area (Å²) in [5.41, 5.74) is 0. The SMILES string of the molecule is CN(C)CCCNC(=O)NC[C@H](O)C(=O)O. The maximum atomic E-state index is 11.1. The Morgan fingerprint density at radius 1 is 1.31 bits per heavy atom. The molecule has 1 atom stereocenters. The second kappa shape index (κ2) is 7.89. The van der Waals surface area contributed by atoms with E-state index in [1.807, 2.05) is 19.0 Å². The van der Waals surface area contributed by atoms with Crippen molar-refractivity contribution >= 4 is 12.0 Å². The largest absolute Gasteiger partial charge is 0.479 e. The maximum Gasteiger partial charge on any atom is 0.334 e. The minimum atomic E-state index is -1.56. The van der Waals surface area contributed by atoms with Crippen LogP contribution in [-0.4, -0.2) is 66.9 Å². The van der Waals surface area contributed by atoms with Gasteiger partial charge in [0.05, 0.1) is 6.54 Å². The number of rotatable bonds is 7. The van der Waals surface area contributed by atoms with E-state index in [2.05, 4.69) is 10.6 Å². The van der Waals surface area contributed by atoms with Crippen LogP contribution in [-0.2, 0) is 4.79 Å². The lowest BCUT2D eigenvalue weighted by molar-refractivity contribution is -0.146. The Kier molecular flexibility index (Phi) is 7.23. The zero-order valence-corrected chi connectivity index (χ0v) is 9.56. The molecule has 0 saturated heterocycles. The molecule has 0 fully saturated rings. The first-order valence-corrected chi connectivity index (χ1v) is 5.00. The van der Waals surface area contributed by atoms with Crippen molar-refractivity contribution in [1.29, 1.82) is 0 Å². The third-order valence-corrected chi connectivity index (χ3v) is 1.81. The van der Waals surface area contributed by atoms with Crippen molar-refractivity contribution in [3.05, 3.63) is 0 Å². The second-order valence-corrected chi connectivity index (χ2v) is 3.65. The lowest BCUT2D eigenvalue weighted by atomic mass is 10.3. The lowest BCUT2D eigenvalue weighted by Crippen LogP contribution is -2.42. The molecular weight excluding hydrogens is 214 g/mol. The number of nitrogens with zero attached hydrogens (tertiary/aromatic N) is 1. The molecule has 0 spiro atoms. The molecule has 0 unspecified atom stereocenters. The van der Waals surface area contributed by atoms with Gasteiger partial charge in [-0.25, -0.2) is 9.59 Å². The minimum Gasteiger partial charge on any atom is -0.479 e. The number of aliphatic hydroxyl groups is 1. The molecule has 7 nitrogen and oxygen atoms in total. The quantitative estimate of drug-likeness (QED) is 0.409. The Hall–Kier alpha value is -1.34. The van der Waals surface area contributed by atoms with E-state index in [-0.39, 0.29) is 6.54 Å². The van der Waals surface area contributed by atoms with Crippen molar-refractivity contribution in [3.63, 3.8) is 0 Å². The summed E-state index contributed by atoms with van der Waals surface area (Å²) in [6.07, 6.45) is -0.755. The Bertz CT molecular complexity index is 233. The van der Waals surface area contributed by atoms with Gasteiger partial charge in [-0.2, -0.15) is 0 Å². The molecule has 94 valence electrons. The van der Waals surface area contributed by atoms with Crippen LogP contribution in [0.15, 0.2) is 0 Å². The fraction of sp³-hybridized carbons (Fsp3) is 0.778. The van der Waals surface area contributed by atoms with Gasteiger partial charge in [0.1, 0.15) is 0 Å². The fourth-order valence-corrected chi connectivity index (χ4v) is 0.936. The molecular formula is C9H19N3O4. The number of nitrogens with one attached hydrogen (secondary N) is 2. The average molecular weight is 233 g/mol. The van der Waals surface area contributed by atoms with Crippen molar-refractivity contribution in [2.24, 2.45) is 0 Å². The van der Waals surface area contributed by atoms with Crippen LogP contribution < -0.4 is 10.6 Å². The number of amides is 2. The van der Waals surface area contributed by atoms with Gasteiger partial charge in [-0.05, 0) is 27.1 Å². The van der Waals surface area contributed by atoms with Crippen LogP contribution >= 0.6 is 0 Å². The standard InChI is InChI=1S/C9H19N3O4/c1-12(2)5-3-4-10-9(16)11-6-7(13)8(14)15/h7,13H,3-6H2,1-2H3,(H,14,15)(H2,10,11,16)/t7-/m0/s1. The Morgan fingerprint density at radius 3 is 2.44 bits per heavy atom. The van der Waals surface area contributed by atoms with Crippen LogP contribution in [0.5, 0.6) is 0 Å².